The van der Waals surface area contributed by atoms with Gasteiger partial charge in [0, 0.05) is 13.2 Å². The highest BCUT2D eigenvalue weighted by molar-refractivity contribution is 5.93. The molecule has 2 rings (SSSR count). The maximum atomic E-state index is 12.1. The number of hydrogen-bond donors (Lipinski definition) is 2. The lowest BCUT2D eigenvalue weighted by molar-refractivity contribution is -0.121. The molecular weight excluding hydrogens is 340 g/mol. The van der Waals surface area contributed by atoms with Gasteiger partial charge in [-0.3, -0.25) is 25.2 Å². The fraction of sp³-hybridized carbons (Fsp3) is 0.294. The summed E-state index contributed by atoms with van der Waals surface area (Å²) in [6.07, 6.45) is 0.0883. The fourth-order valence-electron chi connectivity index (χ4n) is 2.07. The number of methoxy groups -OCH3 is 2. The number of rotatable bonds is 7. The maximum Gasteiger partial charge on any atom is 0.290 e. The van der Waals surface area contributed by atoms with E-state index in [0.29, 0.717) is 5.75 Å². The predicted octanol–water partition coefficient (Wildman–Crippen LogP) is -0.0980. The Morgan fingerprint density at radius 1 is 1.08 bits per heavy atom. The van der Waals surface area contributed by atoms with Gasteiger partial charge in [0.25, 0.3) is 11.5 Å². The molecule has 0 aliphatic carbocycles. The lowest BCUT2D eigenvalue weighted by Crippen LogP contribution is -2.43. The van der Waals surface area contributed by atoms with Gasteiger partial charge in [-0.25, -0.2) is 4.68 Å². The number of benzene rings is 1. The minimum atomic E-state index is -0.626. The van der Waals surface area contributed by atoms with Crippen LogP contribution in [0.15, 0.2) is 41.2 Å². The number of nitrogens with one attached hydrogen (secondary N) is 2. The van der Waals surface area contributed by atoms with Crippen molar-refractivity contribution in [3.63, 3.8) is 0 Å². The summed E-state index contributed by atoms with van der Waals surface area (Å²) in [5.74, 6) is -0.326. The Balaban J connectivity index is 1.90. The normalized spacial score (nSPS) is 10.2. The molecule has 26 heavy (non-hydrogen) atoms. The second-order valence-electron chi connectivity index (χ2n) is 5.30. The molecule has 9 heteroatoms. The van der Waals surface area contributed by atoms with Gasteiger partial charge in [-0.05, 0) is 23.8 Å². The van der Waals surface area contributed by atoms with Gasteiger partial charge in [0.15, 0.2) is 5.69 Å². The summed E-state index contributed by atoms with van der Waals surface area (Å²) in [6.45, 7) is 0.511. The molecule has 0 atom stereocenters. The zero-order chi connectivity index (χ0) is 18.9. The first-order valence-corrected chi connectivity index (χ1v) is 7.82. The second kappa shape index (κ2) is 9.33. The van der Waals surface area contributed by atoms with Gasteiger partial charge < -0.3 is 9.47 Å². The number of hydrazine groups is 1. The van der Waals surface area contributed by atoms with E-state index in [-0.39, 0.29) is 30.8 Å². The quantitative estimate of drug-likeness (QED) is 0.667. The Morgan fingerprint density at radius 2 is 1.81 bits per heavy atom. The summed E-state index contributed by atoms with van der Waals surface area (Å²) in [7, 11) is 3.06. The van der Waals surface area contributed by atoms with E-state index in [1.807, 2.05) is 0 Å². The molecule has 0 bridgehead atoms. The summed E-state index contributed by atoms with van der Waals surface area (Å²) in [5.41, 5.74) is 5.01. The van der Waals surface area contributed by atoms with Crippen LogP contribution in [0.4, 0.5) is 0 Å². The van der Waals surface area contributed by atoms with Crippen LogP contribution in [-0.2, 0) is 22.5 Å². The highest BCUT2D eigenvalue weighted by atomic mass is 16.5. The van der Waals surface area contributed by atoms with Crippen LogP contribution < -0.4 is 21.1 Å². The Hall–Kier alpha value is -3.20. The van der Waals surface area contributed by atoms with Gasteiger partial charge in [-0.15, -0.1) is 0 Å². The van der Waals surface area contributed by atoms with Crippen LogP contribution >= 0.6 is 0 Å². The SMILES string of the molecule is COCCn1nc(C(=O)NNC(=O)Cc2ccc(OC)cc2)ccc1=O. The van der Waals surface area contributed by atoms with Crippen LogP contribution in [0.1, 0.15) is 16.1 Å². The van der Waals surface area contributed by atoms with Gasteiger partial charge >= 0.3 is 0 Å². The average molecular weight is 360 g/mol. The van der Waals surface area contributed by atoms with Crippen LogP contribution in [0, 0.1) is 0 Å². The molecule has 2 amide bonds. The van der Waals surface area contributed by atoms with Crippen molar-refractivity contribution in [1.82, 2.24) is 20.6 Å². The monoisotopic (exact) mass is 360 g/mol. The standard InChI is InChI=1S/C17H20N4O5/c1-25-10-9-21-16(23)8-7-14(20-21)17(24)19-18-15(22)11-12-3-5-13(26-2)6-4-12/h3-8H,9-11H2,1-2H3,(H,18,22)(H,19,24). The molecule has 0 saturated carbocycles. The third-order valence-electron chi connectivity index (χ3n) is 3.45. The smallest absolute Gasteiger partial charge is 0.290 e. The molecule has 2 aromatic rings. The van der Waals surface area contributed by atoms with Gasteiger partial charge in [-0.2, -0.15) is 5.10 Å². The summed E-state index contributed by atoms with van der Waals surface area (Å²) >= 11 is 0. The highest BCUT2D eigenvalue weighted by Crippen LogP contribution is 2.11. The van der Waals surface area contributed by atoms with Crippen LogP contribution in [0.5, 0.6) is 5.75 Å². The summed E-state index contributed by atoms with van der Waals surface area (Å²) in [6, 6.07) is 9.52. The summed E-state index contributed by atoms with van der Waals surface area (Å²) < 4.78 is 11.1. The van der Waals surface area contributed by atoms with Crippen molar-refractivity contribution in [2.24, 2.45) is 0 Å². The van der Waals surface area contributed by atoms with Crippen molar-refractivity contribution in [3.05, 3.63) is 58.0 Å². The molecule has 2 N–H and O–H groups in total. The van der Waals surface area contributed by atoms with E-state index in [1.54, 1.807) is 31.4 Å². The Labute approximate surface area is 149 Å². The number of amides is 2. The molecular formula is C17H20N4O5. The lowest BCUT2D eigenvalue weighted by Gasteiger charge is -2.09. The van der Waals surface area contributed by atoms with Crippen molar-refractivity contribution < 1.29 is 19.1 Å². The fourth-order valence-corrected chi connectivity index (χ4v) is 2.07. The number of aromatic nitrogens is 2. The van der Waals surface area contributed by atoms with Gasteiger partial charge in [0.2, 0.25) is 5.91 Å². The predicted molar refractivity (Wildman–Crippen MR) is 92.7 cm³/mol. The zero-order valence-electron chi connectivity index (χ0n) is 14.5. The average Bonchev–Trinajstić information content (AvgIpc) is 2.66. The Kier molecular flexibility index (Phi) is 6.86. The number of carbonyl (C=O) groups is 2. The maximum absolute atomic E-state index is 12.1. The van der Waals surface area contributed by atoms with E-state index in [9.17, 15) is 14.4 Å². The number of ether oxygens (including phenoxy) is 2. The lowest BCUT2D eigenvalue weighted by atomic mass is 10.1. The Bertz CT molecular complexity index is 817. The van der Waals surface area contributed by atoms with E-state index >= 15 is 0 Å². The molecule has 138 valence electrons. The molecule has 0 radical (unpaired) electrons. The van der Waals surface area contributed by atoms with Crippen molar-refractivity contribution in [2.75, 3.05) is 20.8 Å². The van der Waals surface area contributed by atoms with E-state index in [1.165, 1.54) is 19.2 Å². The van der Waals surface area contributed by atoms with Crippen LogP contribution in [0.3, 0.4) is 0 Å². The number of hydrogen-bond acceptors (Lipinski definition) is 6. The molecule has 0 fully saturated rings. The molecule has 0 aliphatic rings. The van der Waals surface area contributed by atoms with Crippen LogP contribution in [-0.4, -0.2) is 42.4 Å². The zero-order valence-corrected chi connectivity index (χ0v) is 14.5. The first kappa shape index (κ1) is 19.1. The second-order valence-corrected chi connectivity index (χ2v) is 5.30. The molecule has 0 unspecified atom stereocenters. The van der Waals surface area contributed by atoms with Crippen molar-refractivity contribution in [2.45, 2.75) is 13.0 Å². The third kappa shape index (κ3) is 5.42. The third-order valence-corrected chi connectivity index (χ3v) is 3.45. The summed E-state index contributed by atoms with van der Waals surface area (Å²) in [4.78, 5) is 35.6. The van der Waals surface area contributed by atoms with Crippen molar-refractivity contribution in [1.29, 1.82) is 0 Å². The topological polar surface area (TPSA) is 112 Å². The van der Waals surface area contributed by atoms with Crippen molar-refractivity contribution >= 4 is 11.8 Å². The molecule has 1 aromatic heterocycles. The van der Waals surface area contributed by atoms with E-state index in [4.69, 9.17) is 9.47 Å². The van der Waals surface area contributed by atoms with Crippen LogP contribution in [0.2, 0.25) is 0 Å². The van der Waals surface area contributed by atoms with Crippen LogP contribution in [0.25, 0.3) is 0 Å². The van der Waals surface area contributed by atoms with Crippen molar-refractivity contribution in [3.8, 4) is 5.75 Å². The van der Waals surface area contributed by atoms with E-state index in [2.05, 4.69) is 16.0 Å². The van der Waals surface area contributed by atoms with E-state index < -0.39 is 11.8 Å². The number of carbonyl (C=O) groups excluding carboxylic acids is 2. The van der Waals surface area contributed by atoms with Gasteiger partial charge in [-0.1, -0.05) is 12.1 Å². The highest BCUT2D eigenvalue weighted by Gasteiger charge is 2.11. The molecule has 1 heterocycles. The molecule has 1 aromatic carbocycles. The van der Waals surface area contributed by atoms with Gasteiger partial charge in [0.05, 0.1) is 26.7 Å². The first-order valence-electron chi connectivity index (χ1n) is 7.82. The molecule has 9 nitrogen and oxygen atoms in total. The molecule has 0 saturated heterocycles. The van der Waals surface area contributed by atoms with E-state index in [0.717, 1.165) is 10.2 Å². The minimum absolute atomic E-state index is 0.00505. The summed E-state index contributed by atoms with van der Waals surface area (Å²) in [5, 5.41) is 3.94. The largest absolute Gasteiger partial charge is 0.497 e. The number of nitrogens with zero attached hydrogens (tertiary/aromatic N) is 2. The van der Waals surface area contributed by atoms with Gasteiger partial charge in [0.1, 0.15) is 5.75 Å². The Morgan fingerprint density at radius 3 is 2.46 bits per heavy atom. The molecule has 0 spiro atoms. The molecule has 0 aliphatic heterocycles. The first-order chi connectivity index (χ1) is 12.5. The minimum Gasteiger partial charge on any atom is -0.497 e.